The maximum Gasteiger partial charge on any atom is 0.331 e. The molecule has 0 atom stereocenters. The number of aryl methyl sites for hydroxylation is 1. The van der Waals surface area contributed by atoms with Crippen molar-refractivity contribution in [2.75, 3.05) is 0 Å². The van der Waals surface area contributed by atoms with E-state index in [1.54, 1.807) is 35.0 Å². The SMILES string of the molecule is Cn1c(=O)c2sccc2n2c(COC(=O)C=Cc3cc(Br)ccc3F)nnc12. The lowest BCUT2D eigenvalue weighted by molar-refractivity contribution is -0.139. The zero-order valence-corrected chi connectivity index (χ0v) is 16.8. The first-order chi connectivity index (χ1) is 13.5. The molecule has 0 unspecified atom stereocenters. The molecule has 0 aliphatic carbocycles. The molecule has 0 saturated heterocycles. The predicted octanol–water partition coefficient (Wildman–Crippen LogP) is 3.30. The molecule has 3 aromatic heterocycles. The van der Waals surface area contributed by atoms with E-state index in [2.05, 4.69) is 26.1 Å². The number of esters is 1. The summed E-state index contributed by atoms with van der Waals surface area (Å²) in [5.41, 5.74) is 0.757. The normalized spacial score (nSPS) is 11.7. The van der Waals surface area contributed by atoms with Crippen molar-refractivity contribution in [3.05, 3.63) is 67.8 Å². The second-order valence-corrected chi connectivity index (χ2v) is 7.69. The summed E-state index contributed by atoms with van der Waals surface area (Å²) in [6.07, 6.45) is 2.48. The summed E-state index contributed by atoms with van der Waals surface area (Å²) in [5, 5.41) is 9.85. The van der Waals surface area contributed by atoms with Gasteiger partial charge >= 0.3 is 5.97 Å². The van der Waals surface area contributed by atoms with Crippen LogP contribution in [0.1, 0.15) is 11.4 Å². The van der Waals surface area contributed by atoms with Gasteiger partial charge < -0.3 is 4.74 Å². The average molecular weight is 463 g/mol. The van der Waals surface area contributed by atoms with Crippen LogP contribution in [0.5, 0.6) is 0 Å². The van der Waals surface area contributed by atoms with Gasteiger partial charge in [-0.15, -0.1) is 21.5 Å². The van der Waals surface area contributed by atoms with Crippen molar-refractivity contribution >= 4 is 55.3 Å². The standard InChI is InChI=1S/C18H12BrFN4O3S/c1-23-17(26)16-13(6-7-28-16)24-14(21-22-18(23)24)9-27-15(25)5-2-10-8-11(19)3-4-12(10)20/h2-8H,9H2,1H3. The molecule has 28 heavy (non-hydrogen) atoms. The summed E-state index contributed by atoms with van der Waals surface area (Å²) in [7, 11) is 1.61. The van der Waals surface area contributed by atoms with Gasteiger partial charge in [0.25, 0.3) is 5.56 Å². The second kappa shape index (κ2) is 7.28. The van der Waals surface area contributed by atoms with E-state index in [9.17, 15) is 14.0 Å². The van der Waals surface area contributed by atoms with Crippen molar-refractivity contribution in [1.29, 1.82) is 0 Å². The maximum atomic E-state index is 13.7. The molecular weight excluding hydrogens is 451 g/mol. The smallest absolute Gasteiger partial charge is 0.331 e. The number of benzene rings is 1. The summed E-state index contributed by atoms with van der Waals surface area (Å²) in [6, 6.07) is 6.21. The van der Waals surface area contributed by atoms with Crippen molar-refractivity contribution in [1.82, 2.24) is 19.2 Å². The van der Waals surface area contributed by atoms with E-state index in [4.69, 9.17) is 4.74 Å². The third-order valence-electron chi connectivity index (χ3n) is 4.10. The van der Waals surface area contributed by atoms with E-state index in [1.165, 1.54) is 28.0 Å². The average Bonchev–Trinajstić information content (AvgIpc) is 3.32. The van der Waals surface area contributed by atoms with E-state index in [-0.39, 0.29) is 17.7 Å². The minimum Gasteiger partial charge on any atom is -0.454 e. The van der Waals surface area contributed by atoms with Gasteiger partial charge in [0.15, 0.2) is 12.4 Å². The topological polar surface area (TPSA) is 78.5 Å². The van der Waals surface area contributed by atoms with Crippen molar-refractivity contribution in [3.63, 3.8) is 0 Å². The molecule has 0 fully saturated rings. The number of thiophene rings is 1. The fourth-order valence-corrected chi connectivity index (χ4v) is 3.96. The highest BCUT2D eigenvalue weighted by atomic mass is 79.9. The Balaban J connectivity index is 1.58. The maximum absolute atomic E-state index is 13.7. The molecule has 0 radical (unpaired) electrons. The number of carbonyl (C=O) groups is 1. The van der Waals surface area contributed by atoms with Gasteiger partial charge in [-0.05, 0) is 35.7 Å². The molecule has 0 spiro atoms. The molecule has 1 aromatic carbocycles. The van der Waals surface area contributed by atoms with E-state index >= 15 is 0 Å². The van der Waals surface area contributed by atoms with Crippen molar-refractivity contribution in [2.45, 2.75) is 6.61 Å². The highest BCUT2D eigenvalue weighted by molar-refractivity contribution is 9.10. The minimum absolute atomic E-state index is 0.144. The van der Waals surface area contributed by atoms with Crippen LogP contribution in [-0.4, -0.2) is 25.1 Å². The van der Waals surface area contributed by atoms with E-state index in [0.717, 1.165) is 6.08 Å². The van der Waals surface area contributed by atoms with Crippen molar-refractivity contribution in [2.24, 2.45) is 7.05 Å². The Morgan fingerprint density at radius 1 is 1.36 bits per heavy atom. The summed E-state index contributed by atoms with van der Waals surface area (Å²) in [4.78, 5) is 24.3. The fraction of sp³-hybridized carbons (Fsp3) is 0.111. The molecule has 3 heterocycles. The number of aromatic nitrogens is 4. The number of ether oxygens (including phenoxy) is 1. The van der Waals surface area contributed by atoms with Gasteiger partial charge in [-0.25, -0.2) is 9.18 Å². The first-order valence-electron chi connectivity index (χ1n) is 8.06. The number of nitrogens with zero attached hydrogens (tertiary/aromatic N) is 4. The Kier molecular flexibility index (Phi) is 4.82. The van der Waals surface area contributed by atoms with Crippen LogP contribution >= 0.6 is 27.3 Å². The number of fused-ring (bicyclic) bond motifs is 3. The van der Waals surface area contributed by atoms with Crippen LogP contribution < -0.4 is 5.56 Å². The molecule has 142 valence electrons. The van der Waals surface area contributed by atoms with E-state index in [1.807, 2.05) is 0 Å². The first-order valence-corrected chi connectivity index (χ1v) is 9.73. The molecule has 0 aliphatic rings. The third-order valence-corrected chi connectivity index (χ3v) is 5.48. The van der Waals surface area contributed by atoms with Crippen LogP contribution in [0.15, 0.2) is 45.0 Å². The lowest BCUT2D eigenvalue weighted by Crippen LogP contribution is -2.19. The van der Waals surface area contributed by atoms with Gasteiger partial charge in [0.05, 0.1) is 5.52 Å². The van der Waals surface area contributed by atoms with Crippen LogP contribution in [0.25, 0.3) is 22.1 Å². The number of rotatable bonds is 4. The van der Waals surface area contributed by atoms with Crippen LogP contribution in [0.2, 0.25) is 0 Å². The Bertz CT molecular complexity index is 1310. The predicted molar refractivity (Wildman–Crippen MR) is 107 cm³/mol. The molecular formula is C18H12BrFN4O3S. The number of hydrogen-bond donors (Lipinski definition) is 0. The first kappa shape index (κ1) is 18.5. The largest absolute Gasteiger partial charge is 0.454 e. The quantitative estimate of drug-likeness (QED) is 0.343. The summed E-state index contributed by atoms with van der Waals surface area (Å²) in [6.45, 7) is -0.144. The number of hydrogen-bond acceptors (Lipinski definition) is 6. The van der Waals surface area contributed by atoms with Crippen LogP contribution in [0.3, 0.4) is 0 Å². The highest BCUT2D eigenvalue weighted by Gasteiger charge is 2.16. The summed E-state index contributed by atoms with van der Waals surface area (Å²) >= 11 is 4.57. The van der Waals surface area contributed by atoms with Gasteiger partial charge in [0, 0.05) is 23.2 Å². The van der Waals surface area contributed by atoms with Crippen molar-refractivity contribution < 1.29 is 13.9 Å². The second-order valence-electron chi connectivity index (χ2n) is 5.86. The monoisotopic (exact) mass is 462 g/mol. The lowest BCUT2D eigenvalue weighted by Gasteiger charge is -2.05. The molecule has 10 heteroatoms. The number of halogens is 2. The Labute approximate surface area is 169 Å². The Hall–Kier alpha value is -2.85. The highest BCUT2D eigenvalue weighted by Crippen LogP contribution is 2.20. The molecule has 0 saturated carbocycles. The molecule has 0 bridgehead atoms. The molecule has 0 aliphatic heterocycles. The minimum atomic E-state index is -0.650. The molecule has 0 amide bonds. The fourth-order valence-electron chi connectivity index (χ4n) is 2.73. The van der Waals surface area contributed by atoms with Gasteiger partial charge in [0.2, 0.25) is 5.78 Å². The number of carbonyl (C=O) groups excluding carboxylic acids is 1. The third kappa shape index (κ3) is 3.25. The van der Waals surface area contributed by atoms with Gasteiger partial charge in [-0.2, -0.15) is 0 Å². The molecule has 0 N–H and O–H groups in total. The Morgan fingerprint density at radius 2 is 2.18 bits per heavy atom. The van der Waals surface area contributed by atoms with Crippen LogP contribution in [0.4, 0.5) is 4.39 Å². The Morgan fingerprint density at radius 3 is 3.00 bits per heavy atom. The molecule has 4 rings (SSSR count). The zero-order valence-electron chi connectivity index (χ0n) is 14.4. The van der Waals surface area contributed by atoms with Gasteiger partial charge in [-0.3, -0.25) is 13.8 Å². The van der Waals surface area contributed by atoms with Crippen molar-refractivity contribution in [3.8, 4) is 0 Å². The summed E-state index contributed by atoms with van der Waals surface area (Å²) < 4.78 is 23.3. The van der Waals surface area contributed by atoms with Gasteiger partial charge in [-0.1, -0.05) is 15.9 Å². The molecule has 4 aromatic rings. The van der Waals surface area contributed by atoms with E-state index in [0.29, 0.717) is 26.3 Å². The lowest BCUT2D eigenvalue weighted by atomic mass is 10.2. The van der Waals surface area contributed by atoms with Gasteiger partial charge in [0.1, 0.15) is 10.5 Å². The van der Waals surface area contributed by atoms with E-state index < -0.39 is 11.8 Å². The van der Waals surface area contributed by atoms with Crippen LogP contribution in [0, 0.1) is 5.82 Å². The molecule has 7 nitrogen and oxygen atoms in total. The summed E-state index contributed by atoms with van der Waals surface area (Å²) in [5.74, 6) is -0.364. The van der Waals surface area contributed by atoms with Crippen LogP contribution in [-0.2, 0) is 23.2 Å². The zero-order chi connectivity index (χ0) is 19.8.